The molecule has 1 amide bonds. The molecule has 9 heteroatoms. The Balaban J connectivity index is 2.01. The van der Waals surface area contributed by atoms with Crippen LogP contribution in [0.25, 0.3) is 5.76 Å². The number of Topliss-reactive ketones (excluding diaryl/α,β-unsaturated/α-hetero) is 1. The highest BCUT2D eigenvalue weighted by Crippen LogP contribution is 2.44. The maximum absolute atomic E-state index is 14.0. The predicted molar refractivity (Wildman–Crippen MR) is 126 cm³/mol. The summed E-state index contributed by atoms with van der Waals surface area (Å²) in [6.07, 6.45) is 0. The number of hydrogen-bond acceptors (Lipinski definition) is 4. The van der Waals surface area contributed by atoms with E-state index in [9.17, 15) is 19.1 Å². The Hall–Kier alpha value is -3.06. The Morgan fingerprint density at radius 3 is 2.42 bits per heavy atom. The third-order valence-electron chi connectivity index (χ3n) is 5.21. The van der Waals surface area contributed by atoms with E-state index < -0.39 is 29.3 Å². The Kier molecular flexibility index (Phi) is 6.34. The molecule has 4 rings (SSSR count). The van der Waals surface area contributed by atoms with Crippen LogP contribution in [0.1, 0.15) is 17.2 Å². The van der Waals surface area contributed by atoms with Crippen molar-refractivity contribution >= 4 is 57.9 Å². The molecular weight excluding hydrogens is 492 g/mol. The molecule has 0 radical (unpaired) electrons. The van der Waals surface area contributed by atoms with Gasteiger partial charge in [0.15, 0.2) is 0 Å². The van der Waals surface area contributed by atoms with Crippen LogP contribution in [0.4, 0.5) is 10.1 Å². The normalized spacial score (nSPS) is 17.5. The number of methoxy groups -OCH3 is 1. The van der Waals surface area contributed by atoms with Gasteiger partial charge in [0.2, 0.25) is 0 Å². The van der Waals surface area contributed by atoms with Gasteiger partial charge in [0.05, 0.1) is 34.3 Å². The number of amides is 1. The summed E-state index contributed by atoms with van der Waals surface area (Å²) >= 11 is 18.3. The molecule has 5 nitrogen and oxygen atoms in total. The van der Waals surface area contributed by atoms with Crippen LogP contribution in [0.2, 0.25) is 15.1 Å². The van der Waals surface area contributed by atoms with Crippen LogP contribution in [0.5, 0.6) is 5.75 Å². The zero-order valence-corrected chi connectivity index (χ0v) is 19.2. The molecule has 0 spiro atoms. The fourth-order valence-corrected chi connectivity index (χ4v) is 4.21. The van der Waals surface area contributed by atoms with Crippen molar-refractivity contribution in [2.24, 2.45) is 0 Å². The minimum Gasteiger partial charge on any atom is -0.507 e. The van der Waals surface area contributed by atoms with Crippen molar-refractivity contribution in [1.29, 1.82) is 0 Å². The van der Waals surface area contributed by atoms with Crippen molar-refractivity contribution in [3.8, 4) is 5.75 Å². The number of hydrogen-bond donors (Lipinski definition) is 1. The molecule has 1 N–H and O–H groups in total. The minimum atomic E-state index is -1.12. The molecule has 1 unspecified atom stereocenters. The van der Waals surface area contributed by atoms with E-state index in [1.807, 2.05) is 0 Å². The zero-order valence-electron chi connectivity index (χ0n) is 17.0. The van der Waals surface area contributed by atoms with Crippen molar-refractivity contribution in [1.82, 2.24) is 0 Å². The second-order valence-electron chi connectivity index (χ2n) is 7.17. The molecule has 0 aromatic heterocycles. The predicted octanol–water partition coefficient (Wildman–Crippen LogP) is 6.42. The first kappa shape index (κ1) is 23.1. The Morgan fingerprint density at radius 1 is 1.00 bits per heavy atom. The highest BCUT2D eigenvalue weighted by atomic mass is 35.5. The van der Waals surface area contributed by atoms with E-state index in [0.717, 1.165) is 11.0 Å². The number of halogens is 4. The molecule has 3 aromatic carbocycles. The Bertz CT molecular complexity index is 1320. The van der Waals surface area contributed by atoms with Gasteiger partial charge in [-0.25, -0.2) is 4.39 Å². The van der Waals surface area contributed by atoms with E-state index in [-0.39, 0.29) is 37.6 Å². The smallest absolute Gasteiger partial charge is 0.300 e. The number of rotatable bonds is 4. The maximum atomic E-state index is 14.0. The number of nitrogens with zero attached hydrogens (tertiary/aromatic N) is 1. The summed E-state index contributed by atoms with van der Waals surface area (Å²) in [6, 6.07) is 13.2. The van der Waals surface area contributed by atoms with Gasteiger partial charge in [0, 0.05) is 10.7 Å². The number of aliphatic hydroxyl groups excluding tert-OH is 1. The van der Waals surface area contributed by atoms with Crippen LogP contribution in [0.3, 0.4) is 0 Å². The average Bonchev–Trinajstić information content (AvgIpc) is 3.05. The first-order valence-electron chi connectivity index (χ1n) is 9.58. The average molecular weight is 507 g/mol. The van der Waals surface area contributed by atoms with Crippen LogP contribution in [0.15, 0.2) is 66.2 Å². The number of ether oxygens (including phenoxy) is 1. The molecule has 1 atom stereocenters. The van der Waals surface area contributed by atoms with E-state index in [2.05, 4.69) is 0 Å². The summed E-state index contributed by atoms with van der Waals surface area (Å²) in [4.78, 5) is 27.4. The SMILES string of the molecule is COc1ccc(Cl)cc1/C(O)=C1\C(=O)C(=O)N(c2cccc(F)c2)C1c1ccc(Cl)c(Cl)c1. The summed E-state index contributed by atoms with van der Waals surface area (Å²) in [6.45, 7) is 0. The van der Waals surface area contributed by atoms with Crippen LogP contribution < -0.4 is 9.64 Å². The number of carbonyl (C=O) groups is 2. The highest BCUT2D eigenvalue weighted by Gasteiger charge is 2.47. The quantitative estimate of drug-likeness (QED) is 0.252. The molecule has 3 aromatic rings. The summed E-state index contributed by atoms with van der Waals surface area (Å²) < 4.78 is 19.3. The fourth-order valence-electron chi connectivity index (χ4n) is 3.73. The van der Waals surface area contributed by atoms with E-state index >= 15 is 0 Å². The maximum Gasteiger partial charge on any atom is 0.300 e. The third-order valence-corrected chi connectivity index (χ3v) is 6.18. The molecule has 168 valence electrons. The van der Waals surface area contributed by atoms with Gasteiger partial charge in [-0.2, -0.15) is 0 Å². The lowest BCUT2D eigenvalue weighted by molar-refractivity contribution is -0.132. The number of aliphatic hydroxyl groups is 1. The topological polar surface area (TPSA) is 66.8 Å². The molecule has 1 aliphatic rings. The van der Waals surface area contributed by atoms with Crippen molar-refractivity contribution < 1.29 is 23.8 Å². The first-order chi connectivity index (χ1) is 15.7. The van der Waals surface area contributed by atoms with E-state index in [0.29, 0.717) is 5.56 Å². The summed E-state index contributed by atoms with van der Waals surface area (Å²) in [5.74, 6) is -2.77. The van der Waals surface area contributed by atoms with Gasteiger partial charge < -0.3 is 9.84 Å². The largest absolute Gasteiger partial charge is 0.507 e. The zero-order chi connectivity index (χ0) is 23.9. The molecule has 1 fully saturated rings. The number of carbonyl (C=O) groups excluding carboxylic acids is 2. The van der Waals surface area contributed by atoms with E-state index in [1.165, 1.54) is 49.6 Å². The second kappa shape index (κ2) is 9.06. The number of anilines is 1. The molecule has 0 aliphatic carbocycles. The lowest BCUT2D eigenvalue weighted by Gasteiger charge is -2.26. The Morgan fingerprint density at radius 2 is 1.76 bits per heavy atom. The van der Waals surface area contributed by atoms with Crippen LogP contribution >= 0.6 is 34.8 Å². The minimum absolute atomic E-state index is 0.118. The van der Waals surface area contributed by atoms with Crippen molar-refractivity contribution in [2.75, 3.05) is 12.0 Å². The van der Waals surface area contributed by atoms with E-state index in [1.54, 1.807) is 12.1 Å². The highest BCUT2D eigenvalue weighted by molar-refractivity contribution is 6.52. The van der Waals surface area contributed by atoms with Crippen LogP contribution in [-0.4, -0.2) is 23.9 Å². The van der Waals surface area contributed by atoms with Gasteiger partial charge in [0.1, 0.15) is 17.3 Å². The van der Waals surface area contributed by atoms with Crippen molar-refractivity contribution in [3.63, 3.8) is 0 Å². The van der Waals surface area contributed by atoms with Crippen molar-refractivity contribution in [2.45, 2.75) is 6.04 Å². The molecule has 1 heterocycles. The van der Waals surface area contributed by atoms with Crippen LogP contribution in [-0.2, 0) is 9.59 Å². The van der Waals surface area contributed by atoms with Gasteiger partial charge in [-0.3, -0.25) is 14.5 Å². The van der Waals surface area contributed by atoms with Crippen molar-refractivity contribution in [3.05, 3.63) is 98.2 Å². The lowest BCUT2D eigenvalue weighted by atomic mass is 9.95. The Labute approximate surface area is 203 Å². The van der Waals surface area contributed by atoms with Gasteiger partial charge >= 0.3 is 0 Å². The molecular formula is C24H15Cl3FNO4. The fraction of sp³-hybridized carbons (Fsp3) is 0.0833. The third kappa shape index (κ3) is 4.17. The molecule has 33 heavy (non-hydrogen) atoms. The monoisotopic (exact) mass is 505 g/mol. The van der Waals surface area contributed by atoms with Gasteiger partial charge in [0.25, 0.3) is 11.7 Å². The first-order valence-corrected chi connectivity index (χ1v) is 10.7. The summed E-state index contributed by atoms with van der Waals surface area (Å²) in [5, 5.41) is 12.0. The summed E-state index contributed by atoms with van der Waals surface area (Å²) in [7, 11) is 1.39. The van der Waals surface area contributed by atoms with Crippen LogP contribution in [0, 0.1) is 5.82 Å². The molecule has 0 bridgehead atoms. The second-order valence-corrected chi connectivity index (χ2v) is 8.42. The number of ketones is 1. The summed E-state index contributed by atoms with van der Waals surface area (Å²) in [5.41, 5.74) is 0.399. The number of benzene rings is 3. The molecule has 0 saturated carbocycles. The molecule has 1 aliphatic heterocycles. The van der Waals surface area contributed by atoms with Gasteiger partial charge in [-0.05, 0) is 54.1 Å². The van der Waals surface area contributed by atoms with E-state index in [4.69, 9.17) is 39.5 Å². The van der Waals surface area contributed by atoms with Gasteiger partial charge in [-0.15, -0.1) is 0 Å². The standard InChI is InChI=1S/C24H15Cl3FNO4/c1-33-19-8-6-13(25)10-16(19)22(30)20-21(12-5-7-17(26)18(27)9-12)29(24(32)23(20)31)15-4-2-3-14(28)11-15/h2-11,21,30H,1H3/b22-20+. The van der Waals surface area contributed by atoms with Gasteiger partial charge in [-0.1, -0.05) is 46.9 Å². The molecule has 1 saturated heterocycles. The lowest BCUT2D eigenvalue weighted by Crippen LogP contribution is -2.29.